The smallest absolute Gasteiger partial charge is 0.133 e. The molecule has 0 amide bonds. The first-order chi connectivity index (χ1) is 11.8. The molecule has 2 aliphatic rings. The number of aryl methyl sites for hydroxylation is 2. The Labute approximate surface area is 167 Å². The maximum absolute atomic E-state index is 4.65. The molecule has 0 bridgehead atoms. The molecule has 26 heavy (non-hydrogen) atoms. The zero-order valence-electron chi connectivity index (χ0n) is 15.2. The summed E-state index contributed by atoms with van der Waals surface area (Å²) in [6.07, 6.45) is 7.63. The van der Waals surface area contributed by atoms with Gasteiger partial charge in [0.2, 0.25) is 0 Å². The van der Waals surface area contributed by atoms with E-state index in [4.69, 9.17) is 0 Å². The lowest BCUT2D eigenvalue weighted by atomic mass is 10.1. The van der Waals surface area contributed by atoms with Gasteiger partial charge in [0.15, 0.2) is 0 Å². The lowest BCUT2D eigenvalue weighted by Crippen LogP contribution is -2.16. The summed E-state index contributed by atoms with van der Waals surface area (Å²) in [5, 5.41) is 11.5. The van der Waals surface area contributed by atoms with Crippen molar-refractivity contribution in [3.8, 4) is 0 Å². The van der Waals surface area contributed by atoms with Gasteiger partial charge in [-0.1, -0.05) is 0 Å². The molecule has 0 aromatic carbocycles. The molecule has 3 heterocycles. The average molecular weight is 399 g/mol. The lowest BCUT2D eigenvalue weighted by Gasteiger charge is -2.14. The third-order valence-corrected chi connectivity index (χ3v) is 4.88. The third kappa shape index (κ3) is 4.87. The molecule has 1 saturated carbocycles. The van der Waals surface area contributed by atoms with E-state index in [1.807, 2.05) is 13.1 Å². The highest BCUT2D eigenvalue weighted by Crippen LogP contribution is 2.39. The van der Waals surface area contributed by atoms with Crippen molar-refractivity contribution in [2.45, 2.75) is 51.5 Å². The highest BCUT2D eigenvalue weighted by atomic mass is 35.5. The van der Waals surface area contributed by atoms with Crippen molar-refractivity contribution in [2.75, 3.05) is 25.0 Å². The molecular weight excluding hydrogens is 371 g/mol. The van der Waals surface area contributed by atoms with Gasteiger partial charge in [-0.05, 0) is 45.2 Å². The van der Waals surface area contributed by atoms with Crippen LogP contribution in [0.25, 0.3) is 0 Å². The van der Waals surface area contributed by atoms with Crippen LogP contribution in [0.2, 0.25) is 0 Å². The molecule has 1 fully saturated rings. The second kappa shape index (κ2) is 9.53. The van der Waals surface area contributed by atoms with Crippen LogP contribution in [0.4, 0.5) is 5.82 Å². The second-order valence-corrected chi connectivity index (χ2v) is 6.83. The first-order valence-corrected chi connectivity index (χ1v) is 9.14. The van der Waals surface area contributed by atoms with Crippen molar-refractivity contribution >= 4 is 30.6 Å². The van der Waals surface area contributed by atoms with Gasteiger partial charge in [0, 0.05) is 49.4 Å². The molecule has 1 aliphatic carbocycles. The Morgan fingerprint density at radius 2 is 2.00 bits per heavy atom. The molecule has 1 aliphatic heterocycles. The topological polar surface area (TPSA) is 67.7 Å². The molecular formula is C18H28Cl2N6. The Balaban J connectivity index is 0.00000121. The van der Waals surface area contributed by atoms with Gasteiger partial charge < -0.3 is 10.6 Å². The summed E-state index contributed by atoms with van der Waals surface area (Å²) in [7, 11) is 0. The van der Waals surface area contributed by atoms with E-state index in [1.54, 1.807) is 0 Å². The first kappa shape index (κ1) is 20.9. The molecule has 0 atom stereocenters. The Kier molecular flexibility index (Phi) is 7.68. The number of fused-ring (bicyclic) bond motifs is 1. The highest BCUT2D eigenvalue weighted by molar-refractivity contribution is 5.85. The molecule has 2 N–H and O–H groups in total. The van der Waals surface area contributed by atoms with Crippen molar-refractivity contribution in [3.63, 3.8) is 0 Å². The average Bonchev–Trinajstić information content (AvgIpc) is 3.35. The van der Waals surface area contributed by atoms with Crippen LogP contribution in [0.15, 0.2) is 12.3 Å². The van der Waals surface area contributed by atoms with E-state index in [2.05, 4.69) is 36.4 Å². The van der Waals surface area contributed by atoms with Crippen molar-refractivity contribution in [1.82, 2.24) is 25.1 Å². The molecule has 2 aromatic heterocycles. The van der Waals surface area contributed by atoms with Crippen LogP contribution in [0.3, 0.4) is 0 Å². The van der Waals surface area contributed by atoms with Crippen LogP contribution in [0.5, 0.6) is 0 Å². The molecule has 0 spiro atoms. The van der Waals surface area contributed by atoms with Crippen molar-refractivity contribution in [2.24, 2.45) is 0 Å². The standard InChI is InChI=1S/C18H26N6.2ClH/c1-13-22-16-6-10-19-9-5-15(16)18(23-13)20-8-2-12-24-17(7-11-21-24)14-3-4-14;;/h7,11,14,19H,2-6,8-10,12H2,1H3,(H,20,22,23);2*1H. The maximum atomic E-state index is 4.65. The molecule has 0 radical (unpaired) electrons. The Morgan fingerprint density at radius 1 is 1.19 bits per heavy atom. The van der Waals surface area contributed by atoms with Gasteiger partial charge in [-0.25, -0.2) is 9.97 Å². The molecule has 2 aromatic rings. The van der Waals surface area contributed by atoms with Gasteiger partial charge in [-0.15, -0.1) is 24.8 Å². The quantitative estimate of drug-likeness (QED) is 0.732. The van der Waals surface area contributed by atoms with Gasteiger partial charge >= 0.3 is 0 Å². The number of hydrogen-bond acceptors (Lipinski definition) is 5. The van der Waals surface area contributed by atoms with Crippen LogP contribution in [0, 0.1) is 6.92 Å². The fourth-order valence-electron chi connectivity index (χ4n) is 3.51. The van der Waals surface area contributed by atoms with Gasteiger partial charge in [-0.2, -0.15) is 5.10 Å². The number of aromatic nitrogens is 4. The fourth-order valence-corrected chi connectivity index (χ4v) is 3.51. The summed E-state index contributed by atoms with van der Waals surface area (Å²) in [5.74, 6) is 2.65. The van der Waals surface area contributed by atoms with Crippen molar-refractivity contribution < 1.29 is 0 Å². The van der Waals surface area contributed by atoms with E-state index < -0.39 is 0 Å². The van der Waals surface area contributed by atoms with Crippen LogP contribution >= 0.6 is 24.8 Å². The van der Waals surface area contributed by atoms with Gasteiger partial charge in [0.1, 0.15) is 11.6 Å². The fraction of sp³-hybridized carbons (Fsp3) is 0.611. The van der Waals surface area contributed by atoms with Crippen LogP contribution in [0.1, 0.15) is 48.0 Å². The van der Waals surface area contributed by atoms with E-state index in [9.17, 15) is 0 Å². The zero-order valence-corrected chi connectivity index (χ0v) is 16.8. The number of hydrogen-bond donors (Lipinski definition) is 2. The SMILES string of the molecule is Cc1nc2c(c(NCCCn3nccc3C3CC3)n1)CCNCC2.Cl.Cl. The first-order valence-electron chi connectivity index (χ1n) is 9.14. The van der Waals surface area contributed by atoms with E-state index in [0.29, 0.717) is 0 Å². The van der Waals surface area contributed by atoms with E-state index in [0.717, 1.165) is 63.0 Å². The monoisotopic (exact) mass is 398 g/mol. The molecule has 0 unspecified atom stereocenters. The summed E-state index contributed by atoms with van der Waals surface area (Å²) in [4.78, 5) is 9.28. The minimum absolute atomic E-state index is 0. The summed E-state index contributed by atoms with van der Waals surface area (Å²) >= 11 is 0. The number of nitrogens with zero attached hydrogens (tertiary/aromatic N) is 4. The highest BCUT2D eigenvalue weighted by Gasteiger charge is 2.26. The normalized spacial score (nSPS) is 16.0. The predicted octanol–water partition coefficient (Wildman–Crippen LogP) is 2.89. The molecule has 144 valence electrons. The lowest BCUT2D eigenvalue weighted by molar-refractivity contribution is 0.565. The number of nitrogens with one attached hydrogen (secondary N) is 2. The van der Waals surface area contributed by atoms with Gasteiger partial charge in [0.25, 0.3) is 0 Å². The number of halogens is 2. The summed E-state index contributed by atoms with van der Waals surface area (Å²) in [6, 6.07) is 2.17. The van der Waals surface area contributed by atoms with Crippen LogP contribution < -0.4 is 10.6 Å². The van der Waals surface area contributed by atoms with E-state index in [-0.39, 0.29) is 24.8 Å². The Bertz CT molecular complexity index is 714. The zero-order chi connectivity index (χ0) is 16.4. The molecule has 0 saturated heterocycles. The predicted molar refractivity (Wildman–Crippen MR) is 109 cm³/mol. The second-order valence-electron chi connectivity index (χ2n) is 6.83. The maximum Gasteiger partial charge on any atom is 0.133 e. The van der Waals surface area contributed by atoms with Crippen molar-refractivity contribution in [3.05, 3.63) is 35.0 Å². The number of anilines is 1. The largest absolute Gasteiger partial charge is 0.370 e. The molecule has 6 nitrogen and oxygen atoms in total. The van der Waals surface area contributed by atoms with E-state index in [1.165, 1.54) is 29.8 Å². The molecule has 4 rings (SSSR count). The minimum Gasteiger partial charge on any atom is -0.370 e. The van der Waals surface area contributed by atoms with Crippen LogP contribution in [-0.2, 0) is 19.4 Å². The van der Waals surface area contributed by atoms with Gasteiger partial charge in [0.05, 0.1) is 5.69 Å². The number of rotatable bonds is 6. The van der Waals surface area contributed by atoms with E-state index >= 15 is 0 Å². The minimum atomic E-state index is 0. The van der Waals surface area contributed by atoms with Crippen LogP contribution in [-0.4, -0.2) is 39.4 Å². The van der Waals surface area contributed by atoms with Crippen molar-refractivity contribution in [1.29, 1.82) is 0 Å². The Morgan fingerprint density at radius 3 is 2.81 bits per heavy atom. The van der Waals surface area contributed by atoms with Gasteiger partial charge in [-0.3, -0.25) is 4.68 Å². The third-order valence-electron chi connectivity index (χ3n) is 4.88. The summed E-state index contributed by atoms with van der Waals surface area (Å²) in [5.41, 5.74) is 3.91. The summed E-state index contributed by atoms with van der Waals surface area (Å²) in [6.45, 7) is 5.88. The Hall–Kier alpha value is -1.37. The molecule has 8 heteroatoms. The summed E-state index contributed by atoms with van der Waals surface area (Å²) < 4.78 is 2.18.